The lowest BCUT2D eigenvalue weighted by Gasteiger charge is -2.36. The first-order chi connectivity index (χ1) is 9.29. The number of aliphatic carboxylic acids is 1. The minimum absolute atomic E-state index is 0.0415. The fourth-order valence-corrected chi connectivity index (χ4v) is 2.44. The zero-order chi connectivity index (χ0) is 15.3. The normalized spacial score (nSPS) is 19.8. The van der Waals surface area contributed by atoms with Crippen LogP contribution in [0.25, 0.3) is 0 Å². The highest BCUT2D eigenvalue weighted by atomic mass is 16.4. The van der Waals surface area contributed by atoms with Gasteiger partial charge in [-0.05, 0) is 32.1 Å². The lowest BCUT2D eigenvalue weighted by atomic mass is 9.84. The highest BCUT2D eigenvalue weighted by Gasteiger charge is 2.37. The highest BCUT2D eigenvalue weighted by Crippen LogP contribution is 2.26. The van der Waals surface area contributed by atoms with Crippen LogP contribution in [0, 0.1) is 5.41 Å². The van der Waals surface area contributed by atoms with Crippen LogP contribution in [-0.2, 0) is 14.4 Å². The van der Waals surface area contributed by atoms with E-state index in [1.54, 1.807) is 18.7 Å². The molecule has 1 fully saturated rings. The summed E-state index contributed by atoms with van der Waals surface area (Å²) < 4.78 is 0. The van der Waals surface area contributed by atoms with Gasteiger partial charge in [-0.25, -0.2) is 0 Å². The summed E-state index contributed by atoms with van der Waals surface area (Å²) in [7, 11) is 0. The predicted octanol–water partition coefficient (Wildman–Crippen LogP) is 2.24. The van der Waals surface area contributed by atoms with Crippen molar-refractivity contribution in [3.8, 4) is 0 Å². The van der Waals surface area contributed by atoms with Crippen molar-refractivity contribution in [1.82, 2.24) is 4.90 Å². The number of carbonyl (C=O) groups excluding carboxylic acids is 2. The van der Waals surface area contributed by atoms with Crippen LogP contribution >= 0.6 is 0 Å². The maximum atomic E-state index is 12.4. The molecule has 1 aliphatic heterocycles. The summed E-state index contributed by atoms with van der Waals surface area (Å²) in [5.74, 6) is -1.66. The van der Waals surface area contributed by atoms with Gasteiger partial charge in [0.25, 0.3) is 5.91 Å². The minimum Gasteiger partial charge on any atom is -0.481 e. The first-order valence-electron chi connectivity index (χ1n) is 7.36. The monoisotopic (exact) mass is 283 g/mol. The largest absolute Gasteiger partial charge is 0.481 e. The lowest BCUT2D eigenvalue weighted by Crippen LogP contribution is -2.49. The molecule has 1 heterocycles. The van der Waals surface area contributed by atoms with E-state index in [9.17, 15) is 14.4 Å². The quantitative estimate of drug-likeness (QED) is 0.759. The number of carbonyl (C=O) groups is 3. The summed E-state index contributed by atoms with van der Waals surface area (Å²) in [5, 5.41) is 8.78. The van der Waals surface area contributed by atoms with Crippen molar-refractivity contribution in [3.05, 3.63) is 0 Å². The molecule has 20 heavy (non-hydrogen) atoms. The molecule has 1 N–H and O–H groups in total. The summed E-state index contributed by atoms with van der Waals surface area (Å²) in [6, 6.07) is -0.107. The van der Waals surface area contributed by atoms with Gasteiger partial charge in [0.15, 0.2) is 0 Å². The van der Waals surface area contributed by atoms with Crippen molar-refractivity contribution >= 4 is 17.7 Å². The van der Waals surface area contributed by atoms with E-state index >= 15 is 0 Å². The molecule has 0 aromatic rings. The Bertz CT molecular complexity index is 389. The van der Waals surface area contributed by atoms with E-state index in [0.717, 1.165) is 19.3 Å². The Labute approximate surface area is 120 Å². The Balaban J connectivity index is 2.76. The molecule has 1 amide bonds. The molecular weight excluding hydrogens is 258 g/mol. The number of carboxylic acid groups (broad SMARTS) is 1. The molecular formula is C15H25NO4. The zero-order valence-electron chi connectivity index (χ0n) is 12.6. The van der Waals surface area contributed by atoms with Gasteiger partial charge in [0, 0.05) is 24.4 Å². The van der Waals surface area contributed by atoms with Crippen LogP contribution in [0.4, 0.5) is 0 Å². The molecule has 0 aromatic carbocycles. The van der Waals surface area contributed by atoms with E-state index in [4.69, 9.17) is 5.11 Å². The Morgan fingerprint density at radius 3 is 2.45 bits per heavy atom. The van der Waals surface area contributed by atoms with Gasteiger partial charge in [-0.15, -0.1) is 0 Å². The summed E-state index contributed by atoms with van der Waals surface area (Å²) in [5.41, 5.74) is -0.647. The van der Waals surface area contributed by atoms with E-state index in [0.29, 0.717) is 19.4 Å². The van der Waals surface area contributed by atoms with Crippen LogP contribution in [0.2, 0.25) is 0 Å². The molecule has 114 valence electrons. The Morgan fingerprint density at radius 2 is 1.90 bits per heavy atom. The van der Waals surface area contributed by atoms with Crippen LogP contribution in [-0.4, -0.2) is 40.3 Å². The number of nitrogens with zero attached hydrogens (tertiary/aromatic N) is 1. The molecule has 1 rings (SSSR count). The van der Waals surface area contributed by atoms with Gasteiger partial charge < -0.3 is 10.0 Å². The molecule has 0 aliphatic carbocycles. The highest BCUT2D eigenvalue weighted by molar-refractivity contribution is 6.38. The standard InChI is InChI=1S/C15H25NO4/c1-4-15(2,3)13(19)14(20)16-10-6-5-7-11(16)8-9-12(17)18/h11H,4-10H2,1-3H3,(H,17,18). The van der Waals surface area contributed by atoms with Gasteiger partial charge >= 0.3 is 5.97 Å². The number of carboxylic acids is 1. The van der Waals surface area contributed by atoms with Gasteiger partial charge in [0.1, 0.15) is 0 Å². The Morgan fingerprint density at radius 1 is 1.25 bits per heavy atom. The predicted molar refractivity (Wildman–Crippen MR) is 75.3 cm³/mol. The van der Waals surface area contributed by atoms with Crippen LogP contribution in [0.1, 0.15) is 59.3 Å². The number of Topliss-reactive ketones (excluding diaryl/α,β-unsaturated/α-hetero) is 1. The number of ketones is 1. The SMILES string of the molecule is CCC(C)(C)C(=O)C(=O)N1CCCCC1CCC(=O)O. The average molecular weight is 283 g/mol. The van der Waals surface area contributed by atoms with Crippen LogP contribution in [0.15, 0.2) is 0 Å². The number of likely N-dealkylation sites (tertiary alicyclic amines) is 1. The Hall–Kier alpha value is -1.39. The van der Waals surface area contributed by atoms with Gasteiger partial charge in [-0.1, -0.05) is 20.8 Å². The summed E-state index contributed by atoms with van der Waals surface area (Å²) in [4.78, 5) is 36.9. The molecule has 0 aromatic heterocycles. The summed E-state index contributed by atoms with van der Waals surface area (Å²) in [6.07, 6.45) is 3.75. The molecule has 1 unspecified atom stereocenters. The smallest absolute Gasteiger partial charge is 0.303 e. The molecule has 0 radical (unpaired) electrons. The second kappa shape index (κ2) is 6.86. The first-order valence-corrected chi connectivity index (χ1v) is 7.36. The van der Waals surface area contributed by atoms with Crippen LogP contribution in [0.3, 0.4) is 0 Å². The maximum absolute atomic E-state index is 12.4. The van der Waals surface area contributed by atoms with Gasteiger partial charge in [-0.2, -0.15) is 0 Å². The van der Waals surface area contributed by atoms with E-state index in [1.807, 2.05) is 6.92 Å². The molecule has 5 nitrogen and oxygen atoms in total. The Kier molecular flexibility index (Phi) is 5.72. The molecule has 0 bridgehead atoms. The van der Waals surface area contributed by atoms with Crippen LogP contribution in [0.5, 0.6) is 0 Å². The maximum Gasteiger partial charge on any atom is 0.303 e. The third-order valence-electron chi connectivity index (χ3n) is 4.27. The van der Waals surface area contributed by atoms with Crippen LogP contribution < -0.4 is 0 Å². The van der Waals surface area contributed by atoms with Crippen molar-refractivity contribution in [1.29, 1.82) is 0 Å². The van der Waals surface area contributed by atoms with E-state index < -0.39 is 17.3 Å². The molecule has 0 saturated carbocycles. The molecule has 1 aliphatic rings. The van der Waals surface area contributed by atoms with Crippen molar-refractivity contribution in [2.45, 2.75) is 65.3 Å². The van der Waals surface area contributed by atoms with Crippen molar-refractivity contribution in [3.63, 3.8) is 0 Å². The fraction of sp³-hybridized carbons (Fsp3) is 0.800. The number of hydrogen-bond acceptors (Lipinski definition) is 3. The van der Waals surface area contributed by atoms with Crippen molar-refractivity contribution < 1.29 is 19.5 Å². The summed E-state index contributed by atoms with van der Waals surface area (Å²) in [6.45, 7) is 6.02. The second-order valence-electron chi connectivity index (χ2n) is 6.15. The van der Waals surface area contributed by atoms with Crippen molar-refractivity contribution in [2.24, 2.45) is 5.41 Å². The van der Waals surface area contributed by atoms with Crippen molar-refractivity contribution in [2.75, 3.05) is 6.54 Å². The minimum atomic E-state index is -0.858. The molecule has 5 heteroatoms. The van der Waals surface area contributed by atoms with Gasteiger partial charge in [-0.3, -0.25) is 14.4 Å². The molecule has 0 spiro atoms. The zero-order valence-corrected chi connectivity index (χ0v) is 12.6. The third kappa shape index (κ3) is 4.05. The third-order valence-corrected chi connectivity index (χ3v) is 4.27. The van der Waals surface area contributed by atoms with E-state index in [1.165, 1.54) is 0 Å². The average Bonchev–Trinajstić information content (AvgIpc) is 2.43. The molecule has 1 atom stereocenters. The topological polar surface area (TPSA) is 74.7 Å². The van der Waals surface area contributed by atoms with Gasteiger partial charge in [0.2, 0.25) is 5.78 Å². The number of rotatable bonds is 6. The lowest BCUT2D eigenvalue weighted by molar-refractivity contribution is -0.152. The number of amides is 1. The first kappa shape index (κ1) is 16.7. The molecule has 1 saturated heterocycles. The van der Waals surface area contributed by atoms with E-state index in [2.05, 4.69) is 0 Å². The second-order valence-corrected chi connectivity index (χ2v) is 6.15. The summed E-state index contributed by atoms with van der Waals surface area (Å²) >= 11 is 0. The number of piperidine rings is 1. The number of hydrogen-bond donors (Lipinski definition) is 1. The fourth-order valence-electron chi connectivity index (χ4n) is 2.44. The van der Waals surface area contributed by atoms with Gasteiger partial charge in [0.05, 0.1) is 0 Å². The van der Waals surface area contributed by atoms with E-state index in [-0.39, 0.29) is 18.2 Å².